The molecule has 7 nitrogen and oxygen atoms in total. The molecule has 7 heteroatoms. The van der Waals surface area contributed by atoms with E-state index < -0.39 is 0 Å². The van der Waals surface area contributed by atoms with E-state index in [4.69, 9.17) is 0 Å². The number of carbonyl (C=O) groups is 1. The van der Waals surface area contributed by atoms with Crippen molar-refractivity contribution in [1.29, 1.82) is 0 Å². The lowest BCUT2D eigenvalue weighted by atomic mass is 10.0. The fourth-order valence-corrected chi connectivity index (χ4v) is 4.45. The first-order valence-electron chi connectivity index (χ1n) is 9.76. The Balaban J connectivity index is 1.32. The SMILES string of the molecule is O=C(c1cc2n(n1)CCCC2)N1CCC(n2c(=O)[nH]c3ccccc32)CC1. The van der Waals surface area contributed by atoms with E-state index in [1.54, 1.807) is 0 Å². The molecule has 0 saturated carbocycles. The van der Waals surface area contributed by atoms with Gasteiger partial charge in [0.15, 0.2) is 5.69 Å². The molecule has 1 fully saturated rings. The van der Waals surface area contributed by atoms with Crippen LogP contribution in [-0.2, 0) is 13.0 Å². The Morgan fingerprint density at radius 1 is 1.11 bits per heavy atom. The Morgan fingerprint density at radius 3 is 2.74 bits per heavy atom. The minimum absolute atomic E-state index is 0.0154. The summed E-state index contributed by atoms with van der Waals surface area (Å²) in [6.45, 7) is 2.21. The average Bonchev–Trinajstić information content (AvgIpc) is 3.27. The summed E-state index contributed by atoms with van der Waals surface area (Å²) in [5.74, 6) is 0.0154. The van der Waals surface area contributed by atoms with Gasteiger partial charge < -0.3 is 9.88 Å². The predicted molar refractivity (Wildman–Crippen MR) is 102 cm³/mol. The molecule has 2 aliphatic rings. The van der Waals surface area contributed by atoms with Gasteiger partial charge in [-0.25, -0.2) is 4.79 Å². The Kier molecular flexibility index (Phi) is 3.88. The van der Waals surface area contributed by atoms with Crippen molar-refractivity contribution in [3.8, 4) is 0 Å². The molecule has 1 N–H and O–H groups in total. The summed E-state index contributed by atoms with van der Waals surface area (Å²) in [5, 5.41) is 4.52. The van der Waals surface area contributed by atoms with E-state index in [0.29, 0.717) is 18.8 Å². The summed E-state index contributed by atoms with van der Waals surface area (Å²) < 4.78 is 3.83. The number of likely N-dealkylation sites (tertiary alicyclic amines) is 1. The third-order valence-corrected chi connectivity index (χ3v) is 5.88. The van der Waals surface area contributed by atoms with E-state index in [-0.39, 0.29) is 17.6 Å². The normalized spacial score (nSPS) is 18.0. The second-order valence-electron chi connectivity index (χ2n) is 7.54. The lowest BCUT2D eigenvalue weighted by molar-refractivity contribution is 0.0688. The number of aromatic amines is 1. The number of nitrogens with zero attached hydrogens (tertiary/aromatic N) is 4. The number of aryl methyl sites for hydroxylation is 2. The van der Waals surface area contributed by atoms with Gasteiger partial charge in [-0.15, -0.1) is 0 Å². The zero-order valence-corrected chi connectivity index (χ0v) is 15.2. The number of H-pyrrole nitrogens is 1. The van der Waals surface area contributed by atoms with Crippen LogP contribution in [0, 0.1) is 0 Å². The van der Waals surface area contributed by atoms with Gasteiger partial charge in [0.2, 0.25) is 0 Å². The van der Waals surface area contributed by atoms with E-state index >= 15 is 0 Å². The molecule has 3 aromatic rings. The van der Waals surface area contributed by atoms with Crippen molar-refractivity contribution in [2.45, 2.75) is 44.7 Å². The predicted octanol–water partition coefficient (Wildman–Crippen LogP) is 2.34. The molecule has 1 aromatic carbocycles. The molecule has 1 saturated heterocycles. The number of rotatable bonds is 2. The summed E-state index contributed by atoms with van der Waals surface area (Å²) in [5.41, 5.74) is 3.47. The highest BCUT2D eigenvalue weighted by Gasteiger charge is 2.28. The quantitative estimate of drug-likeness (QED) is 0.757. The van der Waals surface area contributed by atoms with Gasteiger partial charge in [0.25, 0.3) is 5.91 Å². The molecule has 0 spiro atoms. The highest BCUT2D eigenvalue weighted by atomic mass is 16.2. The van der Waals surface area contributed by atoms with Crippen LogP contribution >= 0.6 is 0 Å². The van der Waals surface area contributed by atoms with E-state index in [2.05, 4.69) is 10.1 Å². The highest BCUT2D eigenvalue weighted by molar-refractivity contribution is 5.92. The number of amides is 1. The van der Waals surface area contributed by atoms with E-state index in [0.717, 1.165) is 43.3 Å². The van der Waals surface area contributed by atoms with Crippen LogP contribution in [0.4, 0.5) is 0 Å². The number of aromatic nitrogens is 4. The third kappa shape index (κ3) is 2.78. The number of fused-ring (bicyclic) bond motifs is 2. The number of hydrogen-bond acceptors (Lipinski definition) is 3. The van der Waals surface area contributed by atoms with Gasteiger partial charge in [-0.05, 0) is 50.3 Å². The lowest BCUT2D eigenvalue weighted by Crippen LogP contribution is -2.40. The largest absolute Gasteiger partial charge is 0.337 e. The molecule has 0 atom stereocenters. The van der Waals surface area contributed by atoms with Crippen molar-refractivity contribution in [2.75, 3.05) is 13.1 Å². The van der Waals surface area contributed by atoms with Crippen LogP contribution in [0.2, 0.25) is 0 Å². The van der Waals surface area contributed by atoms with Crippen molar-refractivity contribution >= 4 is 16.9 Å². The minimum atomic E-state index is -0.0669. The number of nitrogens with one attached hydrogen (secondary N) is 1. The van der Waals surface area contributed by atoms with Crippen molar-refractivity contribution < 1.29 is 4.79 Å². The molecule has 140 valence electrons. The molecule has 2 aliphatic heterocycles. The van der Waals surface area contributed by atoms with Crippen molar-refractivity contribution in [3.63, 3.8) is 0 Å². The number of hydrogen-bond donors (Lipinski definition) is 1. The number of benzene rings is 1. The number of imidazole rings is 1. The van der Waals surface area contributed by atoms with Gasteiger partial charge in [0.05, 0.1) is 11.0 Å². The molecule has 0 unspecified atom stereocenters. The first-order valence-corrected chi connectivity index (χ1v) is 9.76. The second kappa shape index (κ2) is 6.40. The molecule has 27 heavy (non-hydrogen) atoms. The number of carbonyl (C=O) groups excluding carboxylic acids is 1. The molecule has 5 rings (SSSR count). The second-order valence-corrected chi connectivity index (χ2v) is 7.54. The molecule has 1 amide bonds. The molecular weight excluding hydrogens is 342 g/mol. The first-order chi connectivity index (χ1) is 13.2. The van der Waals surface area contributed by atoms with E-state index in [1.807, 2.05) is 44.5 Å². The van der Waals surface area contributed by atoms with Gasteiger partial charge in [-0.1, -0.05) is 12.1 Å². The molecule has 4 heterocycles. The van der Waals surface area contributed by atoms with Gasteiger partial charge >= 0.3 is 5.69 Å². The third-order valence-electron chi connectivity index (χ3n) is 5.88. The molecular formula is C20H23N5O2. The minimum Gasteiger partial charge on any atom is -0.337 e. The molecule has 0 radical (unpaired) electrons. The van der Waals surface area contributed by atoms with Crippen molar-refractivity contribution in [2.24, 2.45) is 0 Å². The van der Waals surface area contributed by atoms with Crippen LogP contribution < -0.4 is 5.69 Å². The highest BCUT2D eigenvalue weighted by Crippen LogP contribution is 2.26. The maximum absolute atomic E-state index is 12.9. The topological polar surface area (TPSA) is 75.9 Å². The maximum Gasteiger partial charge on any atom is 0.326 e. The zero-order valence-electron chi connectivity index (χ0n) is 15.2. The summed E-state index contributed by atoms with van der Waals surface area (Å²) in [7, 11) is 0. The van der Waals surface area contributed by atoms with Crippen LogP contribution in [0.3, 0.4) is 0 Å². The van der Waals surface area contributed by atoms with E-state index in [9.17, 15) is 9.59 Å². The number of piperidine rings is 1. The van der Waals surface area contributed by atoms with Crippen LogP contribution in [0.25, 0.3) is 11.0 Å². The average molecular weight is 365 g/mol. The summed E-state index contributed by atoms with van der Waals surface area (Å²) in [6, 6.07) is 9.84. The zero-order chi connectivity index (χ0) is 18.4. The monoisotopic (exact) mass is 365 g/mol. The fraction of sp³-hybridized carbons (Fsp3) is 0.450. The lowest BCUT2D eigenvalue weighted by Gasteiger charge is -2.32. The van der Waals surface area contributed by atoms with Crippen LogP contribution in [-0.4, -0.2) is 43.2 Å². The molecule has 0 bridgehead atoms. The Labute approximate surface area is 156 Å². The Morgan fingerprint density at radius 2 is 1.93 bits per heavy atom. The van der Waals surface area contributed by atoms with Crippen LogP contribution in [0.1, 0.15) is 47.9 Å². The smallest absolute Gasteiger partial charge is 0.326 e. The number of para-hydroxylation sites is 2. The van der Waals surface area contributed by atoms with Crippen molar-refractivity contribution in [3.05, 3.63) is 52.2 Å². The summed E-state index contributed by atoms with van der Waals surface area (Å²) >= 11 is 0. The van der Waals surface area contributed by atoms with Crippen molar-refractivity contribution in [1.82, 2.24) is 24.2 Å². The van der Waals surface area contributed by atoms with Crippen LogP contribution in [0.5, 0.6) is 0 Å². The Hall–Kier alpha value is -2.83. The first kappa shape index (κ1) is 16.4. The molecule has 0 aliphatic carbocycles. The van der Waals surface area contributed by atoms with Gasteiger partial charge in [0.1, 0.15) is 0 Å². The summed E-state index contributed by atoms with van der Waals surface area (Å²) in [6.07, 6.45) is 4.87. The van der Waals surface area contributed by atoms with Gasteiger partial charge in [0, 0.05) is 31.4 Å². The molecule has 2 aromatic heterocycles. The summed E-state index contributed by atoms with van der Waals surface area (Å²) in [4.78, 5) is 30.1. The fourth-order valence-electron chi connectivity index (χ4n) is 4.45. The maximum atomic E-state index is 12.9. The van der Waals surface area contributed by atoms with E-state index in [1.165, 1.54) is 12.1 Å². The van der Waals surface area contributed by atoms with Gasteiger partial charge in [-0.3, -0.25) is 14.0 Å². The van der Waals surface area contributed by atoms with Crippen LogP contribution in [0.15, 0.2) is 35.1 Å². The standard InChI is InChI=1S/C20H23N5O2/c26-19(17-13-15-5-3-4-10-24(15)22-17)23-11-8-14(9-12-23)25-18-7-2-1-6-16(18)21-20(25)27/h1-2,6-7,13-14H,3-5,8-12H2,(H,21,27). The van der Waals surface area contributed by atoms with Gasteiger partial charge in [-0.2, -0.15) is 5.10 Å². The Bertz CT molecular complexity index is 1030.